The number of anilines is 1. The fourth-order valence-electron chi connectivity index (χ4n) is 1.05. The lowest BCUT2D eigenvalue weighted by Gasteiger charge is -1.95. The van der Waals surface area contributed by atoms with E-state index in [1.165, 1.54) is 0 Å². The van der Waals surface area contributed by atoms with Crippen LogP contribution >= 0.6 is 11.6 Å². The topological polar surface area (TPSA) is 67.6 Å². The molecule has 2 aromatic heterocycles. The molecule has 5 heteroatoms. The maximum absolute atomic E-state index is 5.72. The van der Waals surface area contributed by atoms with Crippen LogP contribution in [0.4, 0.5) is 5.69 Å². The van der Waals surface area contributed by atoms with Crippen molar-refractivity contribution < 1.29 is 0 Å². The molecule has 2 heterocycles. The van der Waals surface area contributed by atoms with Gasteiger partial charge in [0.05, 0.1) is 5.69 Å². The van der Waals surface area contributed by atoms with Crippen LogP contribution in [-0.4, -0.2) is 15.2 Å². The molecule has 4 nitrogen and oxygen atoms in total. The number of rotatable bonds is 1. The van der Waals surface area contributed by atoms with Gasteiger partial charge in [0.25, 0.3) is 0 Å². The van der Waals surface area contributed by atoms with Crippen LogP contribution in [0.15, 0.2) is 24.5 Å². The van der Waals surface area contributed by atoms with Crippen LogP contribution in [0.1, 0.15) is 0 Å². The first-order chi connectivity index (χ1) is 6.29. The highest BCUT2D eigenvalue weighted by Crippen LogP contribution is 2.27. The third kappa shape index (κ3) is 1.36. The van der Waals surface area contributed by atoms with Crippen molar-refractivity contribution in [2.75, 3.05) is 5.73 Å². The molecule has 2 rings (SSSR count). The van der Waals surface area contributed by atoms with Crippen molar-refractivity contribution in [3.05, 3.63) is 29.7 Å². The lowest BCUT2D eigenvalue weighted by molar-refractivity contribution is 1.09. The van der Waals surface area contributed by atoms with Crippen LogP contribution in [-0.2, 0) is 0 Å². The minimum atomic E-state index is 0.360. The van der Waals surface area contributed by atoms with Crippen molar-refractivity contribution in [2.45, 2.75) is 0 Å². The summed E-state index contributed by atoms with van der Waals surface area (Å²) in [5.41, 5.74) is 7.62. The summed E-state index contributed by atoms with van der Waals surface area (Å²) < 4.78 is 0. The average molecular weight is 195 g/mol. The number of nitrogens with two attached hydrogens (primary N) is 1. The van der Waals surface area contributed by atoms with E-state index >= 15 is 0 Å². The average Bonchev–Trinajstić information content (AvgIpc) is 2.49. The molecule has 0 unspecified atom stereocenters. The van der Waals surface area contributed by atoms with Gasteiger partial charge in [-0.2, -0.15) is 5.10 Å². The number of pyridine rings is 1. The summed E-state index contributed by atoms with van der Waals surface area (Å²) in [6.45, 7) is 0. The van der Waals surface area contributed by atoms with Gasteiger partial charge in [-0.3, -0.25) is 10.1 Å². The Morgan fingerprint density at radius 3 is 2.85 bits per heavy atom. The second-order valence-corrected chi connectivity index (χ2v) is 2.92. The largest absolute Gasteiger partial charge is 0.394 e. The van der Waals surface area contributed by atoms with Gasteiger partial charge in [0.2, 0.25) is 0 Å². The number of nitrogen functional groups attached to an aromatic ring is 1. The lowest BCUT2D eigenvalue weighted by atomic mass is 10.2. The van der Waals surface area contributed by atoms with E-state index in [1.54, 1.807) is 12.4 Å². The van der Waals surface area contributed by atoms with E-state index in [4.69, 9.17) is 17.3 Å². The van der Waals surface area contributed by atoms with Gasteiger partial charge >= 0.3 is 0 Å². The molecule has 0 bridgehead atoms. The zero-order valence-electron chi connectivity index (χ0n) is 6.66. The van der Waals surface area contributed by atoms with Gasteiger partial charge in [-0.15, -0.1) is 0 Å². The Bertz CT molecular complexity index is 409. The van der Waals surface area contributed by atoms with Crippen LogP contribution in [0.2, 0.25) is 5.15 Å². The molecule has 0 spiro atoms. The Labute approximate surface area is 79.7 Å². The quantitative estimate of drug-likeness (QED) is 0.726. The summed E-state index contributed by atoms with van der Waals surface area (Å²) in [6, 6.07) is 3.69. The van der Waals surface area contributed by atoms with E-state index < -0.39 is 0 Å². The first kappa shape index (κ1) is 8.07. The Morgan fingerprint density at radius 1 is 1.46 bits per heavy atom. The monoisotopic (exact) mass is 194 g/mol. The van der Waals surface area contributed by atoms with Gasteiger partial charge in [-0.1, -0.05) is 11.6 Å². The van der Waals surface area contributed by atoms with Crippen molar-refractivity contribution in [3.8, 4) is 11.3 Å². The minimum absolute atomic E-state index is 0.360. The molecular formula is C8H7ClN4. The number of nitrogens with one attached hydrogen (secondary N) is 1. The molecule has 0 saturated heterocycles. The molecule has 0 aliphatic carbocycles. The van der Waals surface area contributed by atoms with Gasteiger partial charge in [0, 0.05) is 18.0 Å². The van der Waals surface area contributed by atoms with Crippen molar-refractivity contribution >= 4 is 17.3 Å². The molecule has 0 aliphatic rings. The predicted molar refractivity (Wildman–Crippen MR) is 51.2 cm³/mol. The van der Waals surface area contributed by atoms with Gasteiger partial charge < -0.3 is 5.73 Å². The lowest BCUT2D eigenvalue weighted by Crippen LogP contribution is -1.87. The number of halogens is 1. The number of H-pyrrole nitrogens is 1. The van der Waals surface area contributed by atoms with Crippen LogP contribution in [0.3, 0.4) is 0 Å². The number of hydrogen-bond acceptors (Lipinski definition) is 3. The smallest absolute Gasteiger partial charge is 0.148 e. The second kappa shape index (κ2) is 3.06. The van der Waals surface area contributed by atoms with Crippen molar-refractivity contribution in [3.63, 3.8) is 0 Å². The van der Waals surface area contributed by atoms with E-state index in [9.17, 15) is 0 Å². The summed E-state index contributed by atoms with van der Waals surface area (Å²) >= 11 is 5.72. The second-order valence-electron chi connectivity index (χ2n) is 2.54. The molecule has 66 valence electrons. The summed E-state index contributed by atoms with van der Waals surface area (Å²) in [5, 5.41) is 6.92. The molecule has 0 saturated carbocycles. The normalized spacial score (nSPS) is 10.2. The van der Waals surface area contributed by atoms with Crippen LogP contribution in [0.25, 0.3) is 11.3 Å². The number of aromatic nitrogens is 3. The number of hydrogen-bond donors (Lipinski definition) is 2. The molecule has 2 aromatic rings. The van der Waals surface area contributed by atoms with E-state index in [1.807, 2.05) is 12.1 Å². The molecule has 0 radical (unpaired) electrons. The third-order valence-electron chi connectivity index (χ3n) is 1.69. The van der Waals surface area contributed by atoms with Crippen molar-refractivity contribution in [1.29, 1.82) is 0 Å². The van der Waals surface area contributed by atoms with E-state index in [-0.39, 0.29) is 0 Å². The summed E-state index contributed by atoms with van der Waals surface area (Å²) in [5.74, 6) is 0. The molecule has 0 atom stereocenters. The van der Waals surface area contributed by atoms with Gasteiger partial charge in [-0.05, 0) is 12.1 Å². The maximum atomic E-state index is 5.72. The van der Waals surface area contributed by atoms with Crippen LogP contribution < -0.4 is 5.73 Å². The molecule has 0 fully saturated rings. The third-order valence-corrected chi connectivity index (χ3v) is 1.98. The summed E-state index contributed by atoms with van der Waals surface area (Å²) in [4.78, 5) is 3.96. The van der Waals surface area contributed by atoms with Gasteiger partial charge in [0.15, 0.2) is 0 Å². The molecule has 0 amide bonds. The highest BCUT2D eigenvalue weighted by atomic mass is 35.5. The van der Waals surface area contributed by atoms with Gasteiger partial charge in [0.1, 0.15) is 10.8 Å². The van der Waals surface area contributed by atoms with Gasteiger partial charge in [-0.25, -0.2) is 0 Å². The fraction of sp³-hybridized carbons (Fsp3) is 0. The van der Waals surface area contributed by atoms with E-state index in [0.29, 0.717) is 16.5 Å². The van der Waals surface area contributed by atoms with Crippen molar-refractivity contribution in [2.24, 2.45) is 0 Å². The minimum Gasteiger partial charge on any atom is -0.394 e. The van der Waals surface area contributed by atoms with E-state index in [2.05, 4.69) is 15.2 Å². The summed E-state index contributed by atoms with van der Waals surface area (Å²) in [7, 11) is 0. The standard InChI is InChI=1S/C8H7ClN4/c9-8-6(10)7(12-13-8)5-2-1-3-11-4-5/h1-4H,10H2,(H,12,13). The highest BCUT2D eigenvalue weighted by Gasteiger charge is 2.09. The summed E-state index contributed by atoms with van der Waals surface area (Å²) in [6.07, 6.45) is 3.37. The first-order valence-electron chi connectivity index (χ1n) is 3.69. The predicted octanol–water partition coefficient (Wildman–Crippen LogP) is 1.71. The zero-order valence-corrected chi connectivity index (χ0v) is 7.42. The Morgan fingerprint density at radius 2 is 2.31 bits per heavy atom. The molecule has 0 aliphatic heterocycles. The maximum Gasteiger partial charge on any atom is 0.148 e. The molecule has 3 N–H and O–H groups in total. The van der Waals surface area contributed by atoms with Crippen LogP contribution in [0, 0.1) is 0 Å². The molecule has 0 aromatic carbocycles. The fourth-order valence-corrected chi connectivity index (χ4v) is 1.18. The molecule has 13 heavy (non-hydrogen) atoms. The first-order valence-corrected chi connectivity index (χ1v) is 4.06. The molecular weight excluding hydrogens is 188 g/mol. The Balaban J connectivity index is 2.53. The Hall–Kier alpha value is -1.55. The number of nitrogens with zero attached hydrogens (tertiary/aromatic N) is 2. The zero-order chi connectivity index (χ0) is 9.26. The van der Waals surface area contributed by atoms with Crippen molar-refractivity contribution in [1.82, 2.24) is 15.2 Å². The Kier molecular flexibility index (Phi) is 1.90. The SMILES string of the molecule is Nc1c(-c2cccnc2)n[nH]c1Cl. The van der Waals surface area contributed by atoms with E-state index in [0.717, 1.165) is 5.56 Å². The number of aromatic amines is 1. The van der Waals surface area contributed by atoms with Crippen LogP contribution in [0.5, 0.6) is 0 Å². The highest BCUT2D eigenvalue weighted by molar-refractivity contribution is 6.32.